The summed E-state index contributed by atoms with van der Waals surface area (Å²) in [6.45, 7) is 0.532. The predicted octanol–water partition coefficient (Wildman–Crippen LogP) is 2.89. The van der Waals surface area contributed by atoms with E-state index in [4.69, 9.17) is 16.7 Å². The van der Waals surface area contributed by atoms with E-state index in [0.29, 0.717) is 0 Å². The lowest BCUT2D eigenvalue weighted by atomic mass is 9.97. The average molecular weight is 240 g/mol. The zero-order valence-corrected chi connectivity index (χ0v) is 8.60. The molecule has 0 saturated heterocycles. The van der Waals surface area contributed by atoms with Crippen molar-refractivity contribution < 1.29 is 18.3 Å². The number of nitrogens with zero attached hydrogens (tertiary/aromatic N) is 1. The van der Waals surface area contributed by atoms with Crippen LogP contribution in [-0.2, 0) is 6.61 Å². The van der Waals surface area contributed by atoms with Gasteiger partial charge in [0.25, 0.3) is 0 Å². The van der Waals surface area contributed by atoms with Crippen LogP contribution in [0, 0.1) is 0 Å². The lowest BCUT2D eigenvalue weighted by Gasteiger charge is -2.18. The monoisotopic (exact) mass is 239 g/mol. The van der Waals surface area contributed by atoms with Crippen LogP contribution in [-0.4, -0.2) is 16.3 Å². The van der Waals surface area contributed by atoms with E-state index in [1.807, 2.05) is 0 Å². The van der Waals surface area contributed by atoms with E-state index in [1.54, 1.807) is 0 Å². The fourth-order valence-corrected chi connectivity index (χ4v) is 1.35. The molecule has 1 aromatic heterocycles. The van der Waals surface area contributed by atoms with Crippen molar-refractivity contribution in [1.29, 1.82) is 0 Å². The standard InChI is InChI=1S/C9H9ClF3NO/c1-5(9(11,12)13)7-2-8(10)14-3-6(7)4-15/h2-3,5,15H,4H2,1H3. The van der Waals surface area contributed by atoms with Gasteiger partial charge in [-0.1, -0.05) is 11.6 Å². The molecule has 1 unspecified atom stereocenters. The summed E-state index contributed by atoms with van der Waals surface area (Å²) in [5.74, 6) is -1.67. The number of halogens is 4. The van der Waals surface area contributed by atoms with Crippen LogP contribution in [0.4, 0.5) is 13.2 Å². The minimum absolute atomic E-state index is 0.0155. The topological polar surface area (TPSA) is 33.1 Å². The van der Waals surface area contributed by atoms with Crippen molar-refractivity contribution in [3.8, 4) is 0 Å². The number of alkyl halides is 3. The first kappa shape index (κ1) is 12.3. The van der Waals surface area contributed by atoms with Crippen LogP contribution in [0.3, 0.4) is 0 Å². The lowest BCUT2D eigenvalue weighted by Crippen LogP contribution is -2.19. The number of aliphatic hydroxyl groups excluding tert-OH is 1. The molecule has 0 aromatic carbocycles. The van der Waals surface area contributed by atoms with Crippen molar-refractivity contribution in [2.75, 3.05) is 0 Å². The Bertz CT molecular complexity index is 354. The van der Waals surface area contributed by atoms with Gasteiger partial charge in [0.05, 0.1) is 12.5 Å². The summed E-state index contributed by atoms with van der Waals surface area (Å²) < 4.78 is 37.3. The van der Waals surface area contributed by atoms with Crippen molar-refractivity contribution in [2.45, 2.75) is 25.6 Å². The molecular weight excluding hydrogens is 231 g/mol. The van der Waals surface area contributed by atoms with E-state index in [0.717, 1.165) is 19.2 Å². The number of hydrogen-bond donors (Lipinski definition) is 1. The quantitative estimate of drug-likeness (QED) is 0.805. The van der Waals surface area contributed by atoms with E-state index in [1.165, 1.54) is 0 Å². The first-order chi connectivity index (χ1) is 6.86. The largest absolute Gasteiger partial charge is 0.395 e. The third-order valence-electron chi connectivity index (χ3n) is 2.12. The van der Waals surface area contributed by atoms with Crippen molar-refractivity contribution in [3.05, 3.63) is 28.5 Å². The van der Waals surface area contributed by atoms with Crippen molar-refractivity contribution in [3.63, 3.8) is 0 Å². The summed E-state index contributed by atoms with van der Waals surface area (Å²) in [5, 5.41) is 8.86. The molecule has 0 fully saturated rings. The van der Waals surface area contributed by atoms with E-state index in [9.17, 15) is 13.2 Å². The van der Waals surface area contributed by atoms with Crippen LogP contribution >= 0.6 is 11.6 Å². The maximum absolute atomic E-state index is 12.4. The normalized spacial score (nSPS) is 14.0. The van der Waals surface area contributed by atoms with E-state index >= 15 is 0 Å². The molecule has 1 heterocycles. The molecule has 1 rings (SSSR count). The van der Waals surface area contributed by atoms with Crippen LogP contribution in [0.5, 0.6) is 0 Å². The molecule has 1 N–H and O–H groups in total. The molecule has 0 bridgehead atoms. The van der Waals surface area contributed by atoms with Crippen LogP contribution in [0.2, 0.25) is 5.15 Å². The van der Waals surface area contributed by atoms with Gasteiger partial charge in [-0.3, -0.25) is 0 Å². The Morgan fingerprint density at radius 1 is 1.53 bits per heavy atom. The Morgan fingerprint density at radius 3 is 2.60 bits per heavy atom. The molecule has 0 aliphatic carbocycles. The Kier molecular flexibility index (Phi) is 3.57. The van der Waals surface area contributed by atoms with E-state index < -0.39 is 18.7 Å². The first-order valence-corrected chi connectivity index (χ1v) is 4.56. The van der Waals surface area contributed by atoms with Gasteiger partial charge in [-0.15, -0.1) is 0 Å². The molecule has 1 atom stereocenters. The molecule has 0 spiro atoms. The van der Waals surface area contributed by atoms with Gasteiger partial charge >= 0.3 is 6.18 Å². The third kappa shape index (κ3) is 2.82. The fraction of sp³-hybridized carbons (Fsp3) is 0.444. The minimum Gasteiger partial charge on any atom is -0.392 e. The van der Waals surface area contributed by atoms with E-state index in [-0.39, 0.29) is 16.3 Å². The Hall–Kier alpha value is -0.810. The number of aliphatic hydroxyl groups is 1. The average Bonchev–Trinajstić information content (AvgIpc) is 2.15. The summed E-state index contributed by atoms with van der Waals surface area (Å²) in [7, 11) is 0. The molecule has 84 valence electrons. The van der Waals surface area contributed by atoms with Crippen LogP contribution in [0.15, 0.2) is 12.3 Å². The first-order valence-electron chi connectivity index (χ1n) is 4.18. The summed E-state index contributed by atoms with van der Waals surface area (Å²) >= 11 is 5.51. The zero-order valence-electron chi connectivity index (χ0n) is 7.85. The molecule has 2 nitrogen and oxygen atoms in total. The molecule has 0 saturated carbocycles. The zero-order chi connectivity index (χ0) is 11.6. The number of rotatable bonds is 2. The third-order valence-corrected chi connectivity index (χ3v) is 2.32. The molecule has 15 heavy (non-hydrogen) atoms. The van der Waals surface area contributed by atoms with Crippen molar-refractivity contribution >= 4 is 11.6 Å². The van der Waals surface area contributed by atoms with Gasteiger partial charge in [0.2, 0.25) is 0 Å². The maximum atomic E-state index is 12.4. The highest BCUT2D eigenvalue weighted by molar-refractivity contribution is 6.29. The van der Waals surface area contributed by atoms with E-state index in [2.05, 4.69) is 4.98 Å². The van der Waals surface area contributed by atoms with Gasteiger partial charge in [0.1, 0.15) is 5.15 Å². The van der Waals surface area contributed by atoms with Gasteiger partial charge in [0.15, 0.2) is 0 Å². The highest BCUT2D eigenvalue weighted by Crippen LogP contribution is 2.36. The molecule has 0 radical (unpaired) electrons. The fourth-order valence-electron chi connectivity index (χ4n) is 1.18. The van der Waals surface area contributed by atoms with Gasteiger partial charge in [-0.25, -0.2) is 4.98 Å². The molecule has 0 aliphatic rings. The van der Waals surface area contributed by atoms with Gasteiger partial charge in [-0.2, -0.15) is 13.2 Å². The summed E-state index contributed by atoms with van der Waals surface area (Å²) in [6, 6.07) is 1.13. The summed E-state index contributed by atoms with van der Waals surface area (Å²) in [5.41, 5.74) is 0.106. The number of hydrogen-bond acceptors (Lipinski definition) is 2. The smallest absolute Gasteiger partial charge is 0.392 e. The second-order valence-corrected chi connectivity index (χ2v) is 3.51. The Morgan fingerprint density at radius 2 is 2.13 bits per heavy atom. The van der Waals surface area contributed by atoms with Crippen molar-refractivity contribution in [2.24, 2.45) is 0 Å². The molecule has 1 aromatic rings. The van der Waals surface area contributed by atoms with Crippen LogP contribution in [0.25, 0.3) is 0 Å². The highest BCUT2D eigenvalue weighted by Gasteiger charge is 2.38. The van der Waals surface area contributed by atoms with Crippen molar-refractivity contribution in [1.82, 2.24) is 4.98 Å². The van der Waals surface area contributed by atoms with Crippen LogP contribution < -0.4 is 0 Å². The molecule has 6 heteroatoms. The second-order valence-electron chi connectivity index (χ2n) is 3.13. The Balaban J connectivity index is 3.17. The summed E-state index contributed by atoms with van der Waals surface area (Å²) in [6.07, 6.45) is -3.20. The second kappa shape index (κ2) is 4.37. The van der Waals surface area contributed by atoms with Crippen LogP contribution in [0.1, 0.15) is 24.0 Å². The van der Waals surface area contributed by atoms with Gasteiger partial charge in [-0.05, 0) is 24.1 Å². The maximum Gasteiger partial charge on any atom is 0.395 e. The number of pyridine rings is 1. The Labute approximate surface area is 89.7 Å². The summed E-state index contributed by atoms with van der Waals surface area (Å²) in [4.78, 5) is 3.61. The highest BCUT2D eigenvalue weighted by atomic mass is 35.5. The molecular formula is C9H9ClF3NO. The minimum atomic E-state index is -4.35. The SMILES string of the molecule is CC(c1cc(Cl)ncc1CO)C(F)(F)F. The molecule has 0 amide bonds. The lowest BCUT2D eigenvalue weighted by molar-refractivity contribution is -0.146. The van der Waals surface area contributed by atoms with Gasteiger partial charge < -0.3 is 5.11 Å². The number of aromatic nitrogens is 1. The van der Waals surface area contributed by atoms with Gasteiger partial charge in [0, 0.05) is 6.20 Å². The predicted molar refractivity (Wildman–Crippen MR) is 49.6 cm³/mol. The molecule has 0 aliphatic heterocycles.